The monoisotopic (exact) mass is 672 g/mol. The second-order valence-corrected chi connectivity index (χ2v) is 15.3. The summed E-state index contributed by atoms with van der Waals surface area (Å²) in [5, 5.41) is 10.4. The average molecular weight is 673 g/mol. The van der Waals surface area contributed by atoms with Crippen LogP contribution < -0.4 is 0 Å². The summed E-state index contributed by atoms with van der Waals surface area (Å²) in [5.41, 5.74) is 15.4. The van der Waals surface area contributed by atoms with Gasteiger partial charge in [0, 0.05) is 5.41 Å². The molecule has 11 rings (SSSR count). The Morgan fingerprint density at radius 1 is 0.283 bits per heavy atom. The Bertz CT molecular complexity index is 3060. The van der Waals surface area contributed by atoms with Crippen LogP contribution in [0.1, 0.15) is 25.0 Å². The van der Waals surface area contributed by atoms with Gasteiger partial charge >= 0.3 is 0 Å². The van der Waals surface area contributed by atoms with E-state index in [0.717, 1.165) is 0 Å². The van der Waals surface area contributed by atoms with Crippen LogP contribution in [0.15, 0.2) is 182 Å². The smallest absolute Gasteiger partial charge is 0.0159 e. The van der Waals surface area contributed by atoms with Gasteiger partial charge in [-0.2, -0.15) is 0 Å². The Morgan fingerprint density at radius 3 is 1.43 bits per heavy atom. The fourth-order valence-electron chi connectivity index (χ4n) is 9.27. The Balaban J connectivity index is 1.12. The lowest BCUT2D eigenvalue weighted by Gasteiger charge is -2.22. The molecular weight excluding hydrogens is 637 g/mol. The van der Waals surface area contributed by atoms with Gasteiger partial charge in [-0.3, -0.25) is 0 Å². The average Bonchev–Trinajstić information content (AvgIpc) is 3.43. The van der Waals surface area contributed by atoms with E-state index >= 15 is 0 Å². The largest absolute Gasteiger partial charge is 0.0622 e. The minimum atomic E-state index is -0.102. The molecule has 0 N–H and O–H groups in total. The van der Waals surface area contributed by atoms with Gasteiger partial charge in [0.15, 0.2) is 0 Å². The number of fused-ring (bicyclic) bond motifs is 4. The first-order chi connectivity index (χ1) is 26.0. The minimum absolute atomic E-state index is 0.102. The molecule has 10 aromatic carbocycles. The zero-order chi connectivity index (χ0) is 35.3. The lowest BCUT2D eigenvalue weighted by Crippen LogP contribution is -2.15. The van der Waals surface area contributed by atoms with E-state index in [4.69, 9.17) is 0 Å². The summed E-state index contributed by atoms with van der Waals surface area (Å²) in [7, 11) is 0. The van der Waals surface area contributed by atoms with E-state index in [1.54, 1.807) is 0 Å². The molecule has 0 saturated heterocycles. The topological polar surface area (TPSA) is 0 Å². The van der Waals surface area contributed by atoms with Crippen molar-refractivity contribution in [3.05, 3.63) is 193 Å². The van der Waals surface area contributed by atoms with Crippen molar-refractivity contribution in [3.8, 4) is 55.6 Å². The second kappa shape index (κ2) is 11.2. The van der Waals surface area contributed by atoms with Crippen molar-refractivity contribution >= 4 is 43.1 Å². The van der Waals surface area contributed by atoms with Crippen molar-refractivity contribution < 1.29 is 0 Å². The summed E-state index contributed by atoms with van der Waals surface area (Å²) in [6, 6.07) is 68.0. The Morgan fingerprint density at radius 2 is 0.774 bits per heavy atom. The number of rotatable bonds is 4. The summed E-state index contributed by atoms with van der Waals surface area (Å²) >= 11 is 0. The van der Waals surface area contributed by atoms with Gasteiger partial charge in [-0.25, -0.2) is 0 Å². The van der Waals surface area contributed by atoms with E-state index < -0.39 is 0 Å². The highest BCUT2D eigenvalue weighted by Crippen LogP contribution is 2.51. The van der Waals surface area contributed by atoms with Crippen LogP contribution in [0.2, 0.25) is 0 Å². The molecule has 0 aromatic heterocycles. The third kappa shape index (κ3) is 4.55. The van der Waals surface area contributed by atoms with Crippen molar-refractivity contribution in [2.75, 3.05) is 0 Å². The second-order valence-electron chi connectivity index (χ2n) is 15.3. The van der Waals surface area contributed by atoms with Gasteiger partial charge in [0.2, 0.25) is 0 Å². The SMILES string of the molecule is CC1(C)c2cc(-c3cc(-c4ccccc4)cc(-c4ccc5ccc6c(-c7ccccc7)ccc7ccc4c5c76)c3)ccc2-c2cc3ccccc3cc21. The molecule has 0 spiro atoms. The van der Waals surface area contributed by atoms with Gasteiger partial charge < -0.3 is 0 Å². The molecule has 0 heterocycles. The maximum absolute atomic E-state index is 2.46. The van der Waals surface area contributed by atoms with Gasteiger partial charge in [-0.05, 0) is 146 Å². The molecule has 0 bridgehead atoms. The van der Waals surface area contributed by atoms with Gasteiger partial charge in [0.25, 0.3) is 0 Å². The van der Waals surface area contributed by atoms with E-state index in [9.17, 15) is 0 Å². The molecule has 0 amide bonds. The Kier molecular flexibility index (Phi) is 6.40. The standard InChI is InChI=1S/C53H36/c1-53(2)49-32-39(21-24-45(49)48-30-37-15-9-10-16-38(37)31-50(48)53)41-27-40(33-11-5-3-6-12-33)28-42(29-41)44-23-18-36-19-25-46-43(34-13-7-4-8-14-34)22-17-35-20-26-47(44)52(36)51(35)46/h3-32H,1-2H3. The van der Waals surface area contributed by atoms with Crippen LogP contribution in [0.5, 0.6) is 0 Å². The molecule has 0 atom stereocenters. The van der Waals surface area contributed by atoms with E-state index in [2.05, 4.69) is 196 Å². The highest BCUT2D eigenvalue weighted by Gasteiger charge is 2.36. The predicted octanol–water partition coefficient (Wildman–Crippen LogP) is 14.7. The maximum atomic E-state index is 2.46. The van der Waals surface area contributed by atoms with Crippen LogP contribution >= 0.6 is 0 Å². The fourth-order valence-corrected chi connectivity index (χ4v) is 9.27. The molecule has 0 aliphatic heterocycles. The molecule has 1 aliphatic rings. The predicted molar refractivity (Wildman–Crippen MR) is 227 cm³/mol. The molecule has 0 heteroatoms. The van der Waals surface area contributed by atoms with Crippen LogP contribution in [-0.4, -0.2) is 0 Å². The highest BCUT2D eigenvalue weighted by atomic mass is 14.4. The van der Waals surface area contributed by atoms with Gasteiger partial charge in [-0.15, -0.1) is 0 Å². The summed E-state index contributed by atoms with van der Waals surface area (Å²) < 4.78 is 0. The molecule has 10 aromatic rings. The maximum Gasteiger partial charge on any atom is 0.0159 e. The first-order valence-electron chi connectivity index (χ1n) is 18.7. The molecule has 0 fully saturated rings. The molecule has 1 aliphatic carbocycles. The van der Waals surface area contributed by atoms with Crippen molar-refractivity contribution in [2.24, 2.45) is 0 Å². The van der Waals surface area contributed by atoms with Crippen molar-refractivity contribution in [1.82, 2.24) is 0 Å². The lowest BCUT2D eigenvalue weighted by atomic mass is 9.81. The Labute approximate surface area is 310 Å². The van der Waals surface area contributed by atoms with Crippen molar-refractivity contribution in [1.29, 1.82) is 0 Å². The normalized spacial score (nSPS) is 13.2. The zero-order valence-electron chi connectivity index (χ0n) is 29.8. The molecule has 0 radical (unpaired) electrons. The van der Waals surface area contributed by atoms with Gasteiger partial charge in [0.05, 0.1) is 0 Å². The van der Waals surface area contributed by atoms with Crippen molar-refractivity contribution in [3.63, 3.8) is 0 Å². The van der Waals surface area contributed by atoms with E-state index in [0.29, 0.717) is 0 Å². The first kappa shape index (κ1) is 30.2. The summed E-state index contributed by atoms with van der Waals surface area (Å²) in [4.78, 5) is 0. The first-order valence-corrected chi connectivity index (χ1v) is 18.7. The third-order valence-electron chi connectivity index (χ3n) is 12.0. The summed E-state index contributed by atoms with van der Waals surface area (Å²) in [5.74, 6) is 0. The highest BCUT2D eigenvalue weighted by molar-refractivity contribution is 6.27. The molecule has 0 saturated carbocycles. The zero-order valence-corrected chi connectivity index (χ0v) is 29.8. The molecule has 248 valence electrons. The van der Waals surface area contributed by atoms with Crippen LogP contribution in [0, 0.1) is 0 Å². The summed E-state index contributed by atoms with van der Waals surface area (Å²) in [6.45, 7) is 4.77. The van der Waals surface area contributed by atoms with Crippen LogP contribution in [0.3, 0.4) is 0 Å². The molecule has 0 unspecified atom stereocenters. The molecule has 53 heavy (non-hydrogen) atoms. The number of hydrogen-bond donors (Lipinski definition) is 0. The minimum Gasteiger partial charge on any atom is -0.0622 e. The van der Waals surface area contributed by atoms with Crippen LogP contribution in [0.4, 0.5) is 0 Å². The fraction of sp³-hybridized carbons (Fsp3) is 0.0566. The van der Waals surface area contributed by atoms with E-state index in [1.165, 1.54) is 110 Å². The summed E-state index contributed by atoms with van der Waals surface area (Å²) in [6.07, 6.45) is 0. The Hall–Kier alpha value is -6.50. The van der Waals surface area contributed by atoms with Crippen LogP contribution in [-0.2, 0) is 5.41 Å². The van der Waals surface area contributed by atoms with E-state index in [-0.39, 0.29) is 5.41 Å². The number of hydrogen-bond acceptors (Lipinski definition) is 0. The quantitative estimate of drug-likeness (QED) is 0.163. The molecular formula is C53H36. The van der Waals surface area contributed by atoms with Crippen LogP contribution in [0.25, 0.3) is 98.7 Å². The molecule has 0 nitrogen and oxygen atoms in total. The van der Waals surface area contributed by atoms with Crippen molar-refractivity contribution in [2.45, 2.75) is 19.3 Å². The number of benzene rings is 10. The van der Waals surface area contributed by atoms with Gasteiger partial charge in [0.1, 0.15) is 0 Å². The third-order valence-corrected chi connectivity index (χ3v) is 12.0. The lowest BCUT2D eigenvalue weighted by molar-refractivity contribution is 0.661. The van der Waals surface area contributed by atoms with E-state index in [1.807, 2.05) is 0 Å². The van der Waals surface area contributed by atoms with Gasteiger partial charge in [-0.1, -0.05) is 159 Å².